The molecule has 1 aliphatic rings. The van der Waals surface area contributed by atoms with Gasteiger partial charge in [-0.15, -0.1) is 0 Å². The summed E-state index contributed by atoms with van der Waals surface area (Å²) in [5.74, 6) is 0.426. The predicted octanol–water partition coefficient (Wildman–Crippen LogP) is 2.83. The molecule has 1 amide bonds. The Labute approximate surface area is 153 Å². The summed E-state index contributed by atoms with van der Waals surface area (Å²) < 4.78 is 32.1. The maximum atomic E-state index is 12.3. The smallest absolute Gasteiger partial charge is 0.244 e. The zero-order valence-electron chi connectivity index (χ0n) is 14.4. The minimum atomic E-state index is -3.61. The lowest BCUT2D eigenvalue weighted by atomic mass is 10.2. The largest absolute Gasteiger partial charge is 0.468 e. The van der Waals surface area contributed by atoms with Gasteiger partial charge < -0.3 is 9.73 Å². The van der Waals surface area contributed by atoms with Crippen LogP contribution in [0.3, 0.4) is 0 Å². The van der Waals surface area contributed by atoms with E-state index >= 15 is 0 Å². The van der Waals surface area contributed by atoms with E-state index in [4.69, 9.17) is 4.42 Å². The van der Waals surface area contributed by atoms with Crippen molar-refractivity contribution in [2.24, 2.45) is 0 Å². The van der Waals surface area contributed by atoms with E-state index in [1.165, 1.54) is 37.3 Å². The summed E-state index contributed by atoms with van der Waals surface area (Å²) in [5, 5.41) is 2.97. The van der Waals surface area contributed by atoms with Crippen LogP contribution >= 0.6 is 0 Å². The van der Waals surface area contributed by atoms with Crippen molar-refractivity contribution < 1.29 is 17.6 Å². The van der Waals surface area contributed by atoms with Crippen molar-refractivity contribution in [1.29, 1.82) is 0 Å². The standard InChI is InChI=1S/C19H22N2O4S/c22-19(21-16-4-1-2-5-16)12-9-15-7-10-18(11-8-15)26(23,24)20-14-17-6-3-13-25-17/h3,6-13,16,20H,1-2,4-5,14H2,(H,21,22)/b12-9+. The third kappa shape index (κ3) is 5.06. The minimum absolute atomic E-state index is 0.0956. The van der Waals surface area contributed by atoms with E-state index < -0.39 is 10.0 Å². The van der Waals surface area contributed by atoms with Gasteiger partial charge in [0.2, 0.25) is 15.9 Å². The first kappa shape index (κ1) is 18.4. The molecule has 26 heavy (non-hydrogen) atoms. The van der Waals surface area contributed by atoms with E-state index in [1.54, 1.807) is 30.3 Å². The number of sulfonamides is 1. The molecule has 3 rings (SSSR count). The van der Waals surface area contributed by atoms with Crippen LogP contribution in [0.25, 0.3) is 6.08 Å². The van der Waals surface area contributed by atoms with Gasteiger partial charge in [-0.25, -0.2) is 13.1 Å². The molecule has 1 aromatic heterocycles. The molecule has 1 aliphatic carbocycles. The number of carbonyl (C=O) groups is 1. The molecular formula is C19H22N2O4S. The number of hydrogen-bond acceptors (Lipinski definition) is 4. The second kappa shape index (κ2) is 8.33. The Balaban J connectivity index is 1.56. The summed E-state index contributed by atoms with van der Waals surface area (Å²) in [4.78, 5) is 12.0. The zero-order valence-corrected chi connectivity index (χ0v) is 15.2. The molecule has 7 heteroatoms. The summed E-state index contributed by atoms with van der Waals surface area (Å²) in [6.07, 6.45) is 9.06. The summed E-state index contributed by atoms with van der Waals surface area (Å²) in [7, 11) is -3.61. The summed E-state index contributed by atoms with van der Waals surface area (Å²) in [6, 6.07) is 10.0. The predicted molar refractivity (Wildman–Crippen MR) is 98.6 cm³/mol. The summed E-state index contributed by atoms with van der Waals surface area (Å²) >= 11 is 0. The average Bonchev–Trinajstić information content (AvgIpc) is 3.32. The highest BCUT2D eigenvalue weighted by Crippen LogP contribution is 2.17. The molecule has 1 saturated carbocycles. The fourth-order valence-electron chi connectivity index (χ4n) is 2.91. The van der Waals surface area contributed by atoms with Crippen LogP contribution in [0, 0.1) is 0 Å². The number of furan rings is 1. The first-order chi connectivity index (χ1) is 12.5. The van der Waals surface area contributed by atoms with Crippen LogP contribution in [0.2, 0.25) is 0 Å². The van der Waals surface area contributed by atoms with Gasteiger partial charge in [-0.05, 0) is 48.7 Å². The SMILES string of the molecule is O=C(/C=C/c1ccc(S(=O)(=O)NCc2ccco2)cc1)NC1CCCC1. The van der Waals surface area contributed by atoms with E-state index in [2.05, 4.69) is 10.0 Å². The lowest BCUT2D eigenvalue weighted by Crippen LogP contribution is -2.30. The Morgan fingerprint density at radius 3 is 2.54 bits per heavy atom. The van der Waals surface area contributed by atoms with Crippen LogP contribution in [-0.2, 0) is 21.4 Å². The van der Waals surface area contributed by atoms with E-state index in [1.807, 2.05) is 0 Å². The second-order valence-electron chi connectivity index (χ2n) is 6.30. The third-order valence-corrected chi connectivity index (χ3v) is 5.75. The van der Waals surface area contributed by atoms with Crippen molar-refractivity contribution in [3.05, 3.63) is 60.1 Å². The van der Waals surface area contributed by atoms with Gasteiger partial charge >= 0.3 is 0 Å². The average molecular weight is 374 g/mol. The Morgan fingerprint density at radius 2 is 1.88 bits per heavy atom. The van der Waals surface area contributed by atoms with Crippen LogP contribution in [0.1, 0.15) is 37.0 Å². The van der Waals surface area contributed by atoms with Gasteiger partial charge in [0.15, 0.2) is 0 Å². The van der Waals surface area contributed by atoms with E-state index in [9.17, 15) is 13.2 Å². The van der Waals surface area contributed by atoms with Crippen molar-refractivity contribution in [3.8, 4) is 0 Å². The number of nitrogens with one attached hydrogen (secondary N) is 2. The van der Waals surface area contributed by atoms with E-state index in [0.717, 1.165) is 18.4 Å². The molecule has 6 nitrogen and oxygen atoms in total. The molecule has 138 valence electrons. The molecule has 2 aromatic rings. The van der Waals surface area contributed by atoms with Crippen LogP contribution in [0.5, 0.6) is 0 Å². The quantitative estimate of drug-likeness (QED) is 0.730. The number of amides is 1. The topological polar surface area (TPSA) is 88.4 Å². The highest BCUT2D eigenvalue weighted by Gasteiger charge is 2.16. The lowest BCUT2D eigenvalue weighted by molar-refractivity contribution is -0.117. The maximum Gasteiger partial charge on any atom is 0.244 e. The monoisotopic (exact) mass is 374 g/mol. The van der Waals surface area contributed by atoms with Gasteiger partial charge in [0, 0.05) is 12.1 Å². The molecular weight excluding hydrogens is 352 g/mol. The van der Waals surface area contributed by atoms with Crippen molar-refractivity contribution in [1.82, 2.24) is 10.0 Å². The van der Waals surface area contributed by atoms with Crippen molar-refractivity contribution in [2.75, 3.05) is 0 Å². The number of hydrogen-bond donors (Lipinski definition) is 2. The van der Waals surface area contributed by atoms with Crippen LogP contribution in [0.15, 0.2) is 58.1 Å². The third-order valence-electron chi connectivity index (χ3n) is 4.34. The molecule has 0 aliphatic heterocycles. The molecule has 2 N–H and O–H groups in total. The van der Waals surface area contributed by atoms with Gasteiger partial charge in [0.05, 0.1) is 17.7 Å². The zero-order chi connectivity index (χ0) is 18.4. The highest BCUT2D eigenvalue weighted by atomic mass is 32.2. The van der Waals surface area contributed by atoms with Gasteiger partial charge in [0.25, 0.3) is 0 Å². The molecule has 1 aromatic carbocycles. The van der Waals surface area contributed by atoms with Crippen LogP contribution < -0.4 is 10.0 Å². The fraction of sp³-hybridized carbons (Fsp3) is 0.316. The van der Waals surface area contributed by atoms with Crippen LogP contribution in [0.4, 0.5) is 0 Å². The Hall–Kier alpha value is -2.38. The Bertz CT molecular complexity index is 849. The molecule has 0 radical (unpaired) electrons. The van der Waals surface area contributed by atoms with E-state index in [-0.39, 0.29) is 23.4 Å². The van der Waals surface area contributed by atoms with Gasteiger partial charge in [-0.2, -0.15) is 0 Å². The normalized spacial score (nSPS) is 15.5. The lowest BCUT2D eigenvalue weighted by Gasteiger charge is -2.09. The molecule has 1 heterocycles. The summed E-state index contributed by atoms with van der Waals surface area (Å²) in [5.41, 5.74) is 0.761. The van der Waals surface area contributed by atoms with Gasteiger partial charge in [0.1, 0.15) is 5.76 Å². The molecule has 0 saturated heterocycles. The number of rotatable bonds is 7. The highest BCUT2D eigenvalue weighted by molar-refractivity contribution is 7.89. The molecule has 1 fully saturated rings. The first-order valence-electron chi connectivity index (χ1n) is 8.64. The van der Waals surface area contributed by atoms with Crippen molar-refractivity contribution in [3.63, 3.8) is 0 Å². The number of benzene rings is 1. The van der Waals surface area contributed by atoms with Crippen molar-refractivity contribution in [2.45, 2.75) is 43.2 Å². The van der Waals surface area contributed by atoms with Crippen LogP contribution in [-0.4, -0.2) is 20.4 Å². The Kier molecular flexibility index (Phi) is 5.90. The van der Waals surface area contributed by atoms with E-state index in [0.29, 0.717) is 5.76 Å². The Morgan fingerprint density at radius 1 is 1.15 bits per heavy atom. The molecule has 0 atom stereocenters. The van der Waals surface area contributed by atoms with Gasteiger partial charge in [-0.3, -0.25) is 4.79 Å². The molecule has 0 bridgehead atoms. The van der Waals surface area contributed by atoms with Crippen molar-refractivity contribution >= 4 is 22.0 Å². The minimum Gasteiger partial charge on any atom is -0.468 e. The first-order valence-corrected chi connectivity index (χ1v) is 10.1. The number of carbonyl (C=O) groups excluding carboxylic acids is 1. The second-order valence-corrected chi connectivity index (χ2v) is 8.06. The molecule has 0 spiro atoms. The molecule has 0 unspecified atom stereocenters. The summed E-state index contributed by atoms with van der Waals surface area (Å²) in [6.45, 7) is 0.0956. The van der Waals surface area contributed by atoms with Gasteiger partial charge in [-0.1, -0.05) is 25.0 Å². The maximum absolute atomic E-state index is 12.3. The fourth-order valence-corrected chi connectivity index (χ4v) is 3.91.